The van der Waals surface area contributed by atoms with Gasteiger partial charge in [-0.2, -0.15) is 0 Å². The van der Waals surface area contributed by atoms with E-state index in [0.29, 0.717) is 40.8 Å². The minimum Gasteiger partial charge on any atom is -0.497 e. The zero-order valence-electron chi connectivity index (χ0n) is 18.2. The lowest BCUT2D eigenvalue weighted by atomic mass is 10.1. The number of hydrogen-bond acceptors (Lipinski definition) is 5. The first-order valence-electron chi connectivity index (χ1n) is 10.2. The maximum absolute atomic E-state index is 13.2. The van der Waals surface area contributed by atoms with Crippen LogP contribution >= 0.6 is 0 Å². The molecule has 0 bridgehead atoms. The largest absolute Gasteiger partial charge is 0.497 e. The summed E-state index contributed by atoms with van der Waals surface area (Å²) in [6, 6.07) is 22.7. The van der Waals surface area contributed by atoms with Crippen LogP contribution in [0.25, 0.3) is 22.8 Å². The summed E-state index contributed by atoms with van der Waals surface area (Å²) < 4.78 is 16.8. The third-order valence-electron chi connectivity index (χ3n) is 5.18. The number of carbonyl (C=O) groups excluding carboxylic acids is 1. The summed E-state index contributed by atoms with van der Waals surface area (Å²) in [5, 5.41) is 0. The monoisotopic (exact) mass is 428 g/mol. The van der Waals surface area contributed by atoms with Crippen molar-refractivity contribution in [3.8, 4) is 34.3 Å². The Morgan fingerprint density at radius 3 is 2.44 bits per heavy atom. The SMILES string of the molecule is COc1ccc(-c2cnc(-c3ccccc3C(=O)N(C)Cc3ccccc3)o2)c(OC)c1. The van der Waals surface area contributed by atoms with Gasteiger partial charge in [0.15, 0.2) is 5.76 Å². The molecular formula is C26H24N2O4. The molecule has 1 aromatic heterocycles. The topological polar surface area (TPSA) is 64.8 Å². The molecular weight excluding hydrogens is 404 g/mol. The first kappa shape index (κ1) is 21.2. The van der Waals surface area contributed by atoms with Crippen LogP contribution < -0.4 is 9.47 Å². The zero-order valence-corrected chi connectivity index (χ0v) is 18.2. The molecule has 3 aromatic carbocycles. The highest BCUT2D eigenvalue weighted by Gasteiger charge is 2.20. The molecule has 0 aliphatic rings. The summed E-state index contributed by atoms with van der Waals surface area (Å²) in [5.41, 5.74) is 2.97. The molecule has 0 unspecified atom stereocenters. The fourth-order valence-electron chi connectivity index (χ4n) is 3.52. The van der Waals surface area contributed by atoms with Crippen molar-refractivity contribution in [2.45, 2.75) is 6.54 Å². The van der Waals surface area contributed by atoms with E-state index < -0.39 is 0 Å². The number of amides is 1. The normalized spacial score (nSPS) is 10.6. The average molecular weight is 428 g/mol. The van der Waals surface area contributed by atoms with Gasteiger partial charge in [0.25, 0.3) is 5.91 Å². The molecule has 6 nitrogen and oxygen atoms in total. The quantitative estimate of drug-likeness (QED) is 0.400. The van der Waals surface area contributed by atoms with E-state index in [9.17, 15) is 4.79 Å². The molecule has 0 spiro atoms. The number of methoxy groups -OCH3 is 2. The van der Waals surface area contributed by atoms with E-state index in [4.69, 9.17) is 13.9 Å². The summed E-state index contributed by atoms with van der Waals surface area (Å²) in [5.74, 6) is 2.10. The van der Waals surface area contributed by atoms with Crippen LogP contribution in [0.15, 0.2) is 83.4 Å². The van der Waals surface area contributed by atoms with Crippen LogP contribution in [0.2, 0.25) is 0 Å². The van der Waals surface area contributed by atoms with Crippen LogP contribution in [-0.2, 0) is 6.54 Å². The van der Waals surface area contributed by atoms with Crippen LogP contribution in [0.4, 0.5) is 0 Å². The second kappa shape index (κ2) is 9.39. The van der Waals surface area contributed by atoms with Crippen LogP contribution in [0, 0.1) is 0 Å². The van der Waals surface area contributed by atoms with Crippen molar-refractivity contribution in [1.29, 1.82) is 0 Å². The lowest BCUT2D eigenvalue weighted by Gasteiger charge is -2.18. The van der Waals surface area contributed by atoms with Crippen LogP contribution in [-0.4, -0.2) is 37.1 Å². The van der Waals surface area contributed by atoms with Gasteiger partial charge in [-0.15, -0.1) is 0 Å². The number of oxazole rings is 1. The summed E-state index contributed by atoms with van der Waals surface area (Å²) in [6.45, 7) is 0.508. The summed E-state index contributed by atoms with van der Waals surface area (Å²) in [4.78, 5) is 19.3. The summed E-state index contributed by atoms with van der Waals surface area (Å²) in [7, 11) is 4.98. The van der Waals surface area contributed by atoms with Gasteiger partial charge in [0, 0.05) is 25.2 Å². The summed E-state index contributed by atoms with van der Waals surface area (Å²) in [6.07, 6.45) is 1.63. The van der Waals surface area contributed by atoms with E-state index >= 15 is 0 Å². The average Bonchev–Trinajstić information content (AvgIpc) is 3.33. The predicted molar refractivity (Wildman–Crippen MR) is 123 cm³/mol. The molecule has 0 N–H and O–H groups in total. The maximum Gasteiger partial charge on any atom is 0.254 e. The number of aromatic nitrogens is 1. The Balaban J connectivity index is 1.64. The third-order valence-corrected chi connectivity index (χ3v) is 5.18. The molecule has 1 heterocycles. The number of benzene rings is 3. The van der Waals surface area contributed by atoms with Crippen LogP contribution in [0.5, 0.6) is 11.5 Å². The van der Waals surface area contributed by atoms with Gasteiger partial charge in [-0.25, -0.2) is 4.98 Å². The first-order valence-corrected chi connectivity index (χ1v) is 10.2. The molecule has 0 saturated carbocycles. The highest BCUT2D eigenvalue weighted by atomic mass is 16.5. The minimum absolute atomic E-state index is 0.105. The highest BCUT2D eigenvalue weighted by molar-refractivity contribution is 5.99. The number of rotatable bonds is 7. The molecule has 0 fully saturated rings. The van der Waals surface area contributed by atoms with Gasteiger partial charge < -0.3 is 18.8 Å². The molecule has 32 heavy (non-hydrogen) atoms. The van der Waals surface area contributed by atoms with Crippen LogP contribution in [0.1, 0.15) is 15.9 Å². The van der Waals surface area contributed by atoms with E-state index in [1.807, 2.05) is 60.7 Å². The van der Waals surface area contributed by atoms with E-state index in [1.54, 1.807) is 44.5 Å². The van der Waals surface area contributed by atoms with Crippen molar-refractivity contribution in [3.05, 3.63) is 90.1 Å². The molecule has 0 aliphatic heterocycles. The standard InChI is InChI=1S/C26H24N2O4/c1-28(17-18-9-5-4-6-10-18)26(29)21-12-8-7-11-20(21)25-27-16-24(32-25)22-14-13-19(30-2)15-23(22)31-3/h4-16H,17H2,1-3H3. The molecule has 0 saturated heterocycles. The van der Waals surface area contributed by atoms with E-state index in [2.05, 4.69) is 4.98 Å². The van der Waals surface area contributed by atoms with Gasteiger partial charge in [-0.1, -0.05) is 42.5 Å². The van der Waals surface area contributed by atoms with Gasteiger partial charge in [-0.05, 0) is 29.8 Å². The second-order valence-corrected chi connectivity index (χ2v) is 7.29. The fourth-order valence-corrected chi connectivity index (χ4v) is 3.52. The summed E-state index contributed by atoms with van der Waals surface area (Å²) >= 11 is 0. The Morgan fingerprint density at radius 1 is 0.938 bits per heavy atom. The van der Waals surface area contributed by atoms with Crippen LogP contribution in [0.3, 0.4) is 0 Å². The number of hydrogen-bond donors (Lipinski definition) is 0. The smallest absolute Gasteiger partial charge is 0.254 e. The highest BCUT2D eigenvalue weighted by Crippen LogP contribution is 2.36. The number of nitrogens with zero attached hydrogens (tertiary/aromatic N) is 2. The van der Waals surface area contributed by atoms with Crippen molar-refractivity contribution >= 4 is 5.91 Å². The predicted octanol–water partition coefficient (Wildman–Crippen LogP) is 5.30. The molecule has 4 aromatic rings. The van der Waals surface area contributed by atoms with Gasteiger partial charge in [0.05, 0.1) is 31.5 Å². The van der Waals surface area contributed by atoms with E-state index in [1.165, 1.54) is 0 Å². The fraction of sp³-hybridized carbons (Fsp3) is 0.154. The zero-order chi connectivity index (χ0) is 22.5. The Labute approximate surface area is 187 Å². The van der Waals surface area contributed by atoms with E-state index in [0.717, 1.165) is 11.1 Å². The van der Waals surface area contributed by atoms with Gasteiger partial charge >= 0.3 is 0 Å². The Bertz CT molecular complexity index is 1220. The van der Waals surface area contributed by atoms with Crippen molar-refractivity contribution in [2.75, 3.05) is 21.3 Å². The van der Waals surface area contributed by atoms with Gasteiger partial charge in [-0.3, -0.25) is 4.79 Å². The van der Waals surface area contributed by atoms with Crippen molar-refractivity contribution < 1.29 is 18.7 Å². The van der Waals surface area contributed by atoms with Gasteiger partial charge in [0.1, 0.15) is 11.5 Å². The molecule has 162 valence electrons. The van der Waals surface area contributed by atoms with Crippen molar-refractivity contribution in [1.82, 2.24) is 9.88 Å². The molecule has 0 aliphatic carbocycles. The molecule has 1 amide bonds. The maximum atomic E-state index is 13.2. The molecule has 6 heteroatoms. The Morgan fingerprint density at radius 2 is 1.69 bits per heavy atom. The third kappa shape index (κ3) is 4.34. The lowest BCUT2D eigenvalue weighted by Crippen LogP contribution is -2.26. The van der Waals surface area contributed by atoms with Crippen molar-refractivity contribution in [2.24, 2.45) is 0 Å². The Hall–Kier alpha value is -4.06. The van der Waals surface area contributed by atoms with Gasteiger partial charge in [0.2, 0.25) is 5.89 Å². The first-order chi connectivity index (χ1) is 15.6. The number of carbonyl (C=O) groups is 1. The van der Waals surface area contributed by atoms with Crippen molar-refractivity contribution in [3.63, 3.8) is 0 Å². The lowest BCUT2D eigenvalue weighted by molar-refractivity contribution is 0.0785. The molecule has 0 atom stereocenters. The molecule has 4 rings (SSSR count). The Kier molecular flexibility index (Phi) is 6.22. The van der Waals surface area contributed by atoms with E-state index in [-0.39, 0.29) is 5.91 Å². The minimum atomic E-state index is -0.105. The second-order valence-electron chi connectivity index (χ2n) is 7.29. The molecule has 0 radical (unpaired) electrons. The number of ether oxygens (including phenoxy) is 2.